The fourth-order valence-electron chi connectivity index (χ4n) is 2.07. The minimum atomic E-state index is -0.256. The van der Waals surface area contributed by atoms with Crippen LogP contribution in [0.2, 0.25) is 0 Å². The van der Waals surface area contributed by atoms with Crippen LogP contribution in [0.5, 0.6) is 17.5 Å². The van der Waals surface area contributed by atoms with Gasteiger partial charge in [-0.1, -0.05) is 18.2 Å². The SMILES string of the molecule is CCOc1cc(=O)n2[nH]c(OCCOc3ccccc3)cc2n1. The van der Waals surface area contributed by atoms with Gasteiger partial charge in [0.05, 0.1) is 12.7 Å². The molecule has 23 heavy (non-hydrogen) atoms. The van der Waals surface area contributed by atoms with Gasteiger partial charge in [-0.3, -0.25) is 9.89 Å². The van der Waals surface area contributed by atoms with Gasteiger partial charge in [0, 0.05) is 6.07 Å². The van der Waals surface area contributed by atoms with E-state index in [-0.39, 0.29) is 5.56 Å². The quantitative estimate of drug-likeness (QED) is 0.674. The standard InChI is InChI=1S/C16H17N3O4/c1-2-21-14-11-16(20)19-13(17-14)10-15(18-19)23-9-8-22-12-6-4-3-5-7-12/h3-7,10-11,18H,2,8-9H2,1H3. The molecule has 3 aromatic rings. The molecule has 120 valence electrons. The number of aromatic amines is 1. The van der Waals surface area contributed by atoms with Gasteiger partial charge in [0.1, 0.15) is 19.0 Å². The van der Waals surface area contributed by atoms with E-state index in [9.17, 15) is 4.79 Å². The summed E-state index contributed by atoms with van der Waals surface area (Å²) in [6.07, 6.45) is 0. The summed E-state index contributed by atoms with van der Waals surface area (Å²) in [7, 11) is 0. The summed E-state index contributed by atoms with van der Waals surface area (Å²) in [4.78, 5) is 16.2. The number of nitrogens with zero attached hydrogens (tertiary/aromatic N) is 2. The Morgan fingerprint density at radius 3 is 2.65 bits per heavy atom. The van der Waals surface area contributed by atoms with Crippen LogP contribution in [-0.2, 0) is 0 Å². The second-order valence-corrected chi connectivity index (χ2v) is 4.69. The lowest BCUT2D eigenvalue weighted by molar-refractivity contribution is 0.211. The molecule has 0 amide bonds. The number of ether oxygens (including phenoxy) is 3. The van der Waals surface area contributed by atoms with Crippen molar-refractivity contribution in [3.05, 3.63) is 52.8 Å². The summed E-state index contributed by atoms with van der Waals surface area (Å²) >= 11 is 0. The first-order valence-electron chi connectivity index (χ1n) is 7.32. The van der Waals surface area contributed by atoms with Crippen molar-refractivity contribution in [2.24, 2.45) is 0 Å². The Morgan fingerprint density at radius 1 is 1.09 bits per heavy atom. The van der Waals surface area contributed by atoms with E-state index in [1.165, 1.54) is 10.6 Å². The maximum absolute atomic E-state index is 11.9. The van der Waals surface area contributed by atoms with Gasteiger partial charge in [0.2, 0.25) is 11.8 Å². The van der Waals surface area contributed by atoms with Gasteiger partial charge in [0.25, 0.3) is 5.56 Å². The van der Waals surface area contributed by atoms with E-state index in [2.05, 4.69) is 10.1 Å². The Kier molecular flexibility index (Phi) is 4.46. The highest BCUT2D eigenvalue weighted by atomic mass is 16.5. The Hall–Kier alpha value is -2.96. The number of nitrogens with one attached hydrogen (secondary N) is 1. The summed E-state index contributed by atoms with van der Waals surface area (Å²) in [5.74, 6) is 1.53. The molecule has 0 atom stereocenters. The van der Waals surface area contributed by atoms with Crippen LogP contribution in [0.4, 0.5) is 0 Å². The van der Waals surface area contributed by atoms with E-state index in [0.717, 1.165) is 5.75 Å². The van der Waals surface area contributed by atoms with Crippen molar-refractivity contribution in [1.29, 1.82) is 0 Å². The average molecular weight is 315 g/mol. The predicted octanol–water partition coefficient (Wildman–Crippen LogP) is 1.88. The molecule has 0 fully saturated rings. The molecule has 0 aliphatic rings. The molecular formula is C16H17N3O4. The molecule has 3 rings (SSSR count). The molecule has 0 unspecified atom stereocenters. The molecule has 7 nitrogen and oxygen atoms in total. The summed E-state index contributed by atoms with van der Waals surface area (Å²) in [6.45, 7) is 3.02. The minimum Gasteiger partial charge on any atom is -0.490 e. The van der Waals surface area contributed by atoms with Crippen molar-refractivity contribution >= 4 is 5.65 Å². The van der Waals surface area contributed by atoms with Gasteiger partial charge in [-0.25, -0.2) is 0 Å². The monoisotopic (exact) mass is 315 g/mol. The van der Waals surface area contributed by atoms with Gasteiger partial charge in [-0.2, -0.15) is 9.50 Å². The van der Waals surface area contributed by atoms with E-state index in [0.29, 0.717) is 37.2 Å². The van der Waals surface area contributed by atoms with Crippen LogP contribution < -0.4 is 19.8 Å². The summed E-state index contributed by atoms with van der Waals surface area (Å²) in [5.41, 5.74) is 0.189. The topological polar surface area (TPSA) is 77.9 Å². The van der Waals surface area contributed by atoms with E-state index < -0.39 is 0 Å². The third-order valence-corrected chi connectivity index (χ3v) is 3.05. The minimum absolute atomic E-state index is 0.256. The predicted molar refractivity (Wildman–Crippen MR) is 84.4 cm³/mol. The lowest BCUT2D eigenvalue weighted by Crippen LogP contribution is -2.15. The van der Waals surface area contributed by atoms with Crippen LogP contribution >= 0.6 is 0 Å². The zero-order valence-corrected chi connectivity index (χ0v) is 12.7. The lowest BCUT2D eigenvalue weighted by Gasteiger charge is -2.06. The summed E-state index contributed by atoms with van der Waals surface area (Å²) in [6, 6.07) is 12.5. The summed E-state index contributed by atoms with van der Waals surface area (Å²) in [5, 5.41) is 2.84. The van der Waals surface area contributed by atoms with Crippen LogP contribution in [0.3, 0.4) is 0 Å². The van der Waals surface area contributed by atoms with Gasteiger partial charge >= 0.3 is 0 Å². The van der Waals surface area contributed by atoms with Gasteiger partial charge in [0.15, 0.2) is 5.65 Å². The third-order valence-electron chi connectivity index (χ3n) is 3.05. The molecule has 2 heterocycles. The fraction of sp³-hybridized carbons (Fsp3) is 0.250. The Balaban J connectivity index is 1.62. The number of aromatic nitrogens is 3. The molecule has 0 bridgehead atoms. The Morgan fingerprint density at radius 2 is 1.87 bits per heavy atom. The Labute approximate surface area is 132 Å². The highest BCUT2D eigenvalue weighted by molar-refractivity contribution is 5.43. The maximum atomic E-state index is 11.9. The molecule has 0 saturated carbocycles. The van der Waals surface area contributed by atoms with Crippen LogP contribution in [-0.4, -0.2) is 34.4 Å². The molecule has 1 aromatic carbocycles. The van der Waals surface area contributed by atoms with Crippen LogP contribution in [0.15, 0.2) is 47.3 Å². The smallest absolute Gasteiger partial charge is 0.276 e. The zero-order chi connectivity index (χ0) is 16.1. The molecule has 1 N–H and O–H groups in total. The largest absolute Gasteiger partial charge is 0.490 e. The summed E-state index contributed by atoms with van der Waals surface area (Å²) < 4.78 is 17.6. The van der Waals surface area contributed by atoms with E-state index in [1.54, 1.807) is 6.07 Å². The van der Waals surface area contributed by atoms with E-state index in [4.69, 9.17) is 14.2 Å². The lowest BCUT2D eigenvalue weighted by atomic mass is 10.3. The number of benzene rings is 1. The number of H-pyrrole nitrogens is 1. The number of para-hydroxylation sites is 1. The van der Waals surface area contributed by atoms with Gasteiger partial charge < -0.3 is 14.2 Å². The second-order valence-electron chi connectivity index (χ2n) is 4.69. The number of hydrogen-bond acceptors (Lipinski definition) is 5. The normalized spacial score (nSPS) is 10.7. The number of hydrogen-bond donors (Lipinski definition) is 1. The van der Waals surface area contributed by atoms with Crippen molar-refractivity contribution in [3.63, 3.8) is 0 Å². The number of rotatable bonds is 7. The Bertz CT molecular complexity index is 826. The zero-order valence-electron chi connectivity index (χ0n) is 12.7. The maximum Gasteiger partial charge on any atom is 0.276 e. The van der Waals surface area contributed by atoms with Crippen LogP contribution in [0.1, 0.15) is 6.92 Å². The first kappa shape index (κ1) is 15.0. The third kappa shape index (κ3) is 3.63. The van der Waals surface area contributed by atoms with Crippen LogP contribution in [0.25, 0.3) is 5.65 Å². The molecule has 0 aliphatic carbocycles. The van der Waals surface area contributed by atoms with Gasteiger partial charge in [-0.05, 0) is 19.1 Å². The molecule has 0 radical (unpaired) electrons. The fourth-order valence-corrected chi connectivity index (χ4v) is 2.07. The molecule has 7 heteroatoms. The molecule has 0 saturated heterocycles. The number of fused-ring (bicyclic) bond motifs is 1. The first-order chi connectivity index (χ1) is 11.3. The van der Waals surface area contributed by atoms with Crippen molar-refractivity contribution in [1.82, 2.24) is 14.6 Å². The van der Waals surface area contributed by atoms with Crippen molar-refractivity contribution in [3.8, 4) is 17.5 Å². The van der Waals surface area contributed by atoms with Crippen molar-refractivity contribution in [2.75, 3.05) is 19.8 Å². The average Bonchev–Trinajstić information content (AvgIpc) is 2.96. The highest BCUT2D eigenvalue weighted by Crippen LogP contribution is 2.13. The van der Waals surface area contributed by atoms with Gasteiger partial charge in [-0.15, -0.1) is 0 Å². The van der Waals surface area contributed by atoms with Crippen LogP contribution in [0, 0.1) is 0 Å². The molecular weight excluding hydrogens is 298 g/mol. The van der Waals surface area contributed by atoms with Crippen molar-refractivity contribution in [2.45, 2.75) is 6.92 Å². The molecule has 0 spiro atoms. The first-order valence-corrected chi connectivity index (χ1v) is 7.32. The van der Waals surface area contributed by atoms with E-state index >= 15 is 0 Å². The van der Waals surface area contributed by atoms with E-state index in [1.807, 2.05) is 37.3 Å². The van der Waals surface area contributed by atoms with Crippen molar-refractivity contribution < 1.29 is 14.2 Å². The highest BCUT2D eigenvalue weighted by Gasteiger charge is 2.07. The second kappa shape index (κ2) is 6.87. The molecule has 2 aromatic heterocycles. The molecule has 0 aliphatic heterocycles.